The first-order valence-corrected chi connectivity index (χ1v) is 7.46. The highest BCUT2D eigenvalue weighted by Gasteiger charge is 2.26. The van der Waals surface area contributed by atoms with Gasteiger partial charge in [-0.2, -0.15) is 0 Å². The quantitative estimate of drug-likeness (QED) is 0.815. The third-order valence-corrected chi connectivity index (χ3v) is 3.75. The van der Waals surface area contributed by atoms with Gasteiger partial charge in [0.1, 0.15) is 11.4 Å². The Hall–Kier alpha value is -1.77. The van der Waals surface area contributed by atoms with E-state index in [4.69, 9.17) is 0 Å². The number of hydrogen-bond donors (Lipinski definition) is 1. The number of methoxy groups -OCH3 is 1. The first-order valence-electron chi connectivity index (χ1n) is 5.81. The summed E-state index contributed by atoms with van der Waals surface area (Å²) in [6.45, 7) is 0.588. The SMILES string of the molecule is COC(=O)c1c(F)cccc1NS(=O)(=O)CCC(C)(F)F. The van der Waals surface area contributed by atoms with Gasteiger partial charge in [-0.05, 0) is 19.1 Å². The van der Waals surface area contributed by atoms with E-state index in [-0.39, 0.29) is 5.69 Å². The molecule has 0 spiro atoms. The lowest BCUT2D eigenvalue weighted by molar-refractivity contribution is 0.0189. The minimum Gasteiger partial charge on any atom is -0.465 e. The molecule has 0 fully saturated rings. The second-order valence-electron chi connectivity index (χ2n) is 4.40. The number of hydrogen-bond acceptors (Lipinski definition) is 4. The summed E-state index contributed by atoms with van der Waals surface area (Å²) in [7, 11) is -3.15. The highest BCUT2D eigenvalue weighted by atomic mass is 32.2. The van der Waals surface area contributed by atoms with Crippen LogP contribution in [0.15, 0.2) is 18.2 Å². The number of alkyl halides is 2. The van der Waals surface area contributed by atoms with Crippen molar-refractivity contribution in [2.45, 2.75) is 19.3 Å². The van der Waals surface area contributed by atoms with Crippen molar-refractivity contribution in [2.24, 2.45) is 0 Å². The van der Waals surface area contributed by atoms with Gasteiger partial charge in [-0.25, -0.2) is 26.4 Å². The number of carbonyl (C=O) groups is 1. The molecule has 0 bridgehead atoms. The first kappa shape index (κ1) is 17.3. The van der Waals surface area contributed by atoms with Crippen LogP contribution in [0.25, 0.3) is 0 Å². The standard InChI is InChI=1S/C12H14F3NO4S/c1-12(14,15)6-7-21(18,19)16-9-5-3-4-8(13)10(9)11(17)20-2/h3-5,16H,6-7H2,1-2H3. The molecule has 0 aliphatic rings. The maximum atomic E-state index is 13.6. The van der Waals surface area contributed by atoms with Crippen LogP contribution in [-0.4, -0.2) is 33.2 Å². The normalized spacial score (nSPS) is 12.0. The minimum absolute atomic E-state index is 0.360. The lowest BCUT2D eigenvalue weighted by Crippen LogP contribution is -2.23. The van der Waals surface area contributed by atoms with Crippen molar-refractivity contribution in [2.75, 3.05) is 17.6 Å². The zero-order valence-corrected chi connectivity index (χ0v) is 12.1. The van der Waals surface area contributed by atoms with E-state index in [9.17, 15) is 26.4 Å². The molecule has 0 radical (unpaired) electrons. The number of anilines is 1. The van der Waals surface area contributed by atoms with Gasteiger partial charge in [0, 0.05) is 6.42 Å². The molecule has 0 saturated carbocycles. The summed E-state index contributed by atoms with van der Waals surface area (Å²) in [6, 6.07) is 3.26. The smallest absolute Gasteiger partial charge is 0.343 e. The fraction of sp³-hybridized carbons (Fsp3) is 0.417. The van der Waals surface area contributed by atoms with E-state index in [0.29, 0.717) is 6.92 Å². The first-order chi connectivity index (χ1) is 9.56. The highest BCUT2D eigenvalue weighted by Crippen LogP contribution is 2.23. The summed E-state index contributed by atoms with van der Waals surface area (Å²) in [6.07, 6.45) is -0.898. The zero-order chi connectivity index (χ0) is 16.3. The fourth-order valence-electron chi connectivity index (χ4n) is 1.45. The van der Waals surface area contributed by atoms with Gasteiger partial charge in [0.15, 0.2) is 0 Å². The number of carbonyl (C=O) groups excluding carboxylic acids is 1. The van der Waals surface area contributed by atoms with Crippen LogP contribution in [-0.2, 0) is 14.8 Å². The molecule has 0 aliphatic heterocycles. The van der Waals surface area contributed by atoms with E-state index in [1.807, 2.05) is 4.72 Å². The van der Waals surface area contributed by atoms with Crippen molar-refractivity contribution in [1.29, 1.82) is 0 Å². The van der Waals surface area contributed by atoms with Crippen LogP contribution in [0.5, 0.6) is 0 Å². The monoisotopic (exact) mass is 325 g/mol. The Morgan fingerprint density at radius 2 is 2.00 bits per heavy atom. The minimum atomic E-state index is -4.15. The maximum Gasteiger partial charge on any atom is 0.343 e. The Labute approximate surface area is 120 Å². The van der Waals surface area contributed by atoms with Crippen molar-refractivity contribution < 1.29 is 31.1 Å². The van der Waals surface area contributed by atoms with Crippen molar-refractivity contribution >= 4 is 21.7 Å². The van der Waals surface area contributed by atoms with Crippen LogP contribution in [0.2, 0.25) is 0 Å². The molecule has 1 aromatic carbocycles. The highest BCUT2D eigenvalue weighted by molar-refractivity contribution is 7.92. The van der Waals surface area contributed by atoms with E-state index in [2.05, 4.69) is 4.74 Å². The van der Waals surface area contributed by atoms with Crippen molar-refractivity contribution in [3.05, 3.63) is 29.6 Å². The molecule has 0 saturated heterocycles. The molecule has 9 heteroatoms. The Bertz CT molecular complexity index is 626. The largest absolute Gasteiger partial charge is 0.465 e. The third kappa shape index (κ3) is 5.25. The molecule has 0 unspecified atom stereocenters. The number of sulfonamides is 1. The summed E-state index contributed by atoms with van der Waals surface area (Å²) in [5.41, 5.74) is -0.965. The number of halogens is 3. The van der Waals surface area contributed by atoms with Crippen LogP contribution < -0.4 is 4.72 Å². The van der Waals surface area contributed by atoms with E-state index in [0.717, 1.165) is 19.2 Å². The molecule has 0 aliphatic carbocycles. The van der Waals surface area contributed by atoms with Crippen molar-refractivity contribution in [3.8, 4) is 0 Å². The third-order valence-electron chi connectivity index (χ3n) is 2.48. The van der Waals surface area contributed by atoms with Crippen LogP contribution >= 0.6 is 0 Å². The topological polar surface area (TPSA) is 72.5 Å². The summed E-state index contributed by atoms with van der Waals surface area (Å²) < 4.78 is 68.6. The predicted molar refractivity (Wildman–Crippen MR) is 70.4 cm³/mol. The summed E-state index contributed by atoms with van der Waals surface area (Å²) >= 11 is 0. The van der Waals surface area contributed by atoms with Gasteiger partial charge in [-0.3, -0.25) is 4.72 Å². The molecular weight excluding hydrogens is 311 g/mol. The fourth-order valence-corrected chi connectivity index (χ4v) is 2.69. The Morgan fingerprint density at radius 3 is 2.52 bits per heavy atom. The average molecular weight is 325 g/mol. The number of benzene rings is 1. The number of rotatable bonds is 6. The lowest BCUT2D eigenvalue weighted by Gasteiger charge is -2.14. The molecule has 1 rings (SSSR count). The van der Waals surface area contributed by atoms with E-state index < -0.39 is 45.5 Å². The Kier molecular flexibility index (Phi) is 5.21. The molecule has 1 N–H and O–H groups in total. The molecule has 0 atom stereocenters. The number of esters is 1. The lowest BCUT2D eigenvalue weighted by atomic mass is 10.2. The van der Waals surface area contributed by atoms with Gasteiger partial charge in [-0.15, -0.1) is 0 Å². The Balaban J connectivity index is 3.03. The molecule has 5 nitrogen and oxygen atoms in total. The van der Waals surface area contributed by atoms with Gasteiger partial charge in [0.25, 0.3) is 0 Å². The van der Waals surface area contributed by atoms with E-state index >= 15 is 0 Å². The van der Waals surface area contributed by atoms with Gasteiger partial charge in [0.05, 0.1) is 18.6 Å². The van der Waals surface area contributed by atoms with Crippen LogP contribution in [0.3, 0.4) is 0 Å². The number of nitrogens with one attached hydrogen (secondary N) is 1. The van der Waals surface area contributed by atoms with Gasteiger partial charge in [-0.1, -0.05) is 6.07 Å². The van der Waals surface area contributed by atoms with Gasteiger partial charge in [0.2, 0.25) is 15.9 Å². The molecule has 118 valence electrons. The summed E-state index contributed by atoms with van der Waals surface area (Å²) in [5, 5.41) is 0. The maximum absolute atomic E-state index is 13.6. The molecular formula is C12H14F3NO4S. The second kappa shape index (κ2) is 6.33. The summed E-state index contributed by atoms with van der Waals surface area (Å²) in [4.78, 5) is 11.4. The summed E-state index contributed by atoms with van der Waals surface area (Å²) in [5.74, 6) is -6.08. The van der Waals surface area contributed by atoms with Gasteiger partial charge >= 0.3 is 5.97 Å². The predicted octanol–water partition coefficient (Wildman–Crippen LogP) is 2.40. The number of ether oxygens (including phenoxy) is 1. The van der Waals surface area contributed by atoms with E-state index in [1.165, 1.54) is 6.07 Å². The molecule has 0 aromatic heterocycles. The van der Waals surface area contributed by atoms with Crippen molar-refractivity contribution in [3.63, 3.8) is 0 Å². The molecule has 0 amide bonds. The van der Waals surface area contributed by atoms with E-state index in [1.54, 1.807) is 0 Å². The molecule has 0 heterocycles. The van der Waals surface area contributed by atoms with Crippen LogP contribution in [0.1, 0.15) is 23.7 Å². The Morgan fingerprint density at radius 1 is 1.38 bits per heavy atom. The average Bonchev–Trinajstić information content (AvgIpc) is 2.35. The second-order valence-corrected chi connectivity index (χ2v) is 6.24. The van der Waals surface area contributed by atoms with Crippen molar-refractivity contribution in [1.82, 2.24) is 0 Å². The molecule has 1 aromatic rings. The van der Waals surface area contributed by atoms with Gasteiger partial charge < -0.3 is 4.74 Å². The van der Waals surface area contributed by atoms with Crippen LogP contribution in [0.4, 0.5) is 18.9 Å². The molecule has 21 heavy (non-hydrogen) atoms. The zero-order valence-electron chi connectivity index (χ0n) is 11.3. The van der Waals surface area contributed by atoms with Crippen LogP contribution in [0, 0.1) is 5.82 Å².